The second-order valence-corrected chi connectivity index (χ2v) is 7.18. The highest BCUT2D eigenvalue weighted by Crippen LogP contribution is 2.27. The molecule has 1 aliphatic heterocycles. The van der Waals surface area contributed by atoms with Crippen molar-refractivity contribution in [1.82, 2.24) is 20.2 Å². The summed E-state index contributed by atoms with van der Waals surface area (Å²) in [7, 11) is 1.58. The monoisotopic (exact) mass is 407 g/mol. The van der Waals surface area contributed by atoms with E-state index in [1.54, 1.807) is 12.0 Å². The van der Waals surface area contributed by atoms with E-state index in [9.17, 15) is 9.59 Å². The first kappa shape index (κ1) is 19.9. The Balaban J connectivity index is 1.51. The lowest BCUT2D eigenvalue weighted by molar-refractivity contribution is -0.123. The van der Waals surface area contributed by atoms with Crippen LogP contribution in [0.2, 0.25) is 0 Å². The molecule has 8 nitrogen and oxygen atoms in total. The van der Waals surface area contributed by atoms with Crippen LogP contribution in [0, 0.1) is 0 Å². The number of ether oxygens (including phenoxy) is 1. The van der Waals surface area contributed by atoms with Gasteiger partial charge >= 0.3 is 6.03 Å². The normalized spacial score (nSPS) is 13.8. The molecule has 8 heteroatoms. The Morgan fingerprint density at radius 2 is 1.87 bits per heavy atom. The van der Waals surface area contributed by atoms with Crippen molar-refractivity contribution in [2.45, 2.75) is 19.0 Å². The van der Waals surface area contributed by atoms with Crippen LogP contribution in [0.3, 0.4) is 0 Å². The number of carbonyl (C=O) groups is 2. The maximum Gasteiger partial charge on any atom is 0.324 e. The molecular weight excluding hydrogens is 382 g/mol. The van der Waals surface area contributed by atoms with E-state index < -0.39 is 6.04 Å². The molecule has 0 bridgehead atoms. The summed E-state index contributed by atoms with van der Waals surface area (Å²) in [4.78, 5) is 32.0. The number of para-hydroxylation sites is 2. The molecule has 0 aliphatic carbocycles. The maximum absolute atomic E-state index is 13.1. The van der Waals surface area contributed by atoms with E-state index in [1.165, 1.54) is 0 Å². The largest absolute Gasteiger partial charge is 0.383 e. The second-order valence-electron chi connectivity index (χ2n) is 7.18. The van der Waals surface area contributed by atoms with Crippen LogP contribution in [0.5, 0.6) is 0 Å². The lowest BCUT2D eigenvalue weighted by atomic mass is 10.1. The van der Waals surface area contributed by atoms with Crippen LogP contribution >= 0.6 is 0 Å². The van der Waals surface area contributed by atoms with Gasteiger partial charge in [-0.15, -0.1) is 0 Å². The van der Waals surface area contributed by atoms with E-state index >= 15 is 0 Å². The number of rotatable bonds is 7. The van der Waals surface area contributed by atoms with Crippen LogP contribution in [-0.2, 0) is 22.5 Å². The summed E-state index contributed by atoms with van der Waals surface area (Å²) in [5, 5.41) is 5.72. The Kier molecular flexibility index (Phi) is 5.94. The Morgan fingerprint density at radius 1 is 1.10 bits per heavy atom. The minimum atomic E-state index is -0.699. The second kappa shape index (κ2) is 8.96. The molecule has 1 aromatic heterocycles. The van der Waals surface area contributed by atoms with Crippen LogP contribution in [0.1, 0.15) is 5.56 Å². The summed E-state index contributed by atoms with van der Waals surface area (Å²) in [6, 6.07) is 16.4. The summed E-state index contributed by atoms with van der Waals surface area (Å²) in [6.07, 6.45) is 0.398. The first-order valence-corrected chi connectivity index (χ1v) is 10.0. The average molecular weight is 407 g/mol. The fourth-order valence-electron chi connectivity index (χ4n) is 3.67. The van der Waals surface area contributed by atoms with Crippen molar-refractivity contribution in [1.29, 1.82) is 0 Å². The summed E-state index contributed by atoms with van der Waals surface area (Å²) in [5.74, 6) is 0.365. The molecule has 3 aromatic rings. The predicted molar refractivity (Wildman–Crippen MR) is 114 cm³/mol. The third-order valence-electron chi connectivity index (χ3n) is 5.17. The van der Waals surface area contributed by atoms with Gasteiger partial charge in [0.15, 0.2) is 0 Å². The first-order chi connectivity index (χ1) is 14.7. The molecule has 0 saturated carbocycles. The lowest BCUT2D eigenvalue weighted by Gasteiger charge is -2.22. The van der Waals surface area contributed by atoms with Gasteiger partial charge in [0.05, 0.1) is 17.6 Å². The highest BCUT2D eigenvalue weighted by Gasteiger charge is 2.31. The van der Waals surface area contributed by atoms with Gasteiger partial charge in [0, 0.05) is 33.2 Å². The zero-order valence-electron chi connectivity index (χ0n) is 16.9. The van der Waals surface area contributed by atoms with Crippen LogP contribution in [0.4, 0.5) is 10.7 Å². The number of benzene rings is 2. The third-order valence-corrected chi connectivity index (χ3v) is 5.17. The number of hydrogen-bond acceptors (Lipinski definition) is 4. The highest BCUT2D eigenvalue weighted by molar-refractivity contribution is 5.96. The number of fused-ring (bicyclic) bond motifs is 3. The SMILES string of the molecule is COCCNC(=O)[C@@H](Cc1ccccc1)NC(=O)N1CCn2c1nc1ccccc12. The number of urea groups is 1. The molecule has 1 aliphatic rings. The molecule has 2 N–H and O–H groups in total. The zero-order valence-corrected chi connectivity index (χ0v) is 16.9. The smallest absolute Gasteiger partial charge is 0.324 e. The number of amides is 3. The van der Waals surface area contributed by atoms with Gasteiger partial charge in [-0.05, 0) is 17.7 Å². The number of imidazole rings is 1. The molecule has 0 radical (unpaired) electrons. The van der Waals surface area contributed by atoms with Crippen molar-refractivity contribution in [2.75, 3.05) is 31.7 Å². The lowest BCUT2D eigenvalue weighted by Crippen LogP contribution is -2.52. The molecule has 0 unspecified atom stereocenters. The molecule has 3 amide bonds. The standard InChI is InChI=1S/C22H25N5O3/c1-30-14-11-23-20(28)18(15-16-7-3-2-4-8-16)25-22(29)27-13-12-26-19-10-6-5-9-17(19)24-21(26)27/h2-10,18H,11-15H2,1H3,(H,23,28)(H,25,29)/t18-/m1/s1. The quantitative estimate of drug-likeness (QED) is 0.586. The number of hydrogen-bond donors (Lipinski definition) is 2. The Morgan fingerprint density at radius 3 is 2.67 bits per heavy atom. The van der Waals surface area contributed by atoms with E-state index in [0.717, 1.165) is 16.6 Å². The Hall–Kier alpha value is -3.39. The minimum absolute atomic E-state index is 0.239. The van der Waals surface area contributed by atoms with Crippen molar-refractivity contribution >= 4 is 28.9 Å². The zero-order chi connectivity index (χ0) is 20.9. The van der Waals surface area contributed by atoms with E-state index in [4.69, 9.17) is 4.74 Å². The van der Waals surface area contributed by atoms with Crippen LogP contribution in [0.15, 0.2) is 54.6 Å². The number of nitrogens with zero attached hydrogens (tertiary/aromatic N) is 3. The van der Waals surface area contributed by atoms with Crippen molar-refractivity contribution in [3.8, 4) is 0 Å². The van der Waals surface area contributed by atoms with Crippen molar-refractivity contribution in [2.24, 2.45) is 0 Å². The molecule has 0 spiro atoms. The Bertz CT molecular complexity index is 1030. The van der Waals surface area contributed by atoms with Crippen LogP contribution in [0.25, 0.3) is 11.0 Å². The maximum atomic E-state index is 13.1. The van der Waals surface area contributed by atoms with E-state index in [-0.39, 0.29) is 11.9 Å². The van der Waals surface area contributed by atoms with E-state index in [0.29, 0.717) is 38.6 Å². The van der Waals surface area contributed by atoms with Gasteiger partial charge in [0.2, 0.25) is 11.9 Å². The van der Waals surface area contributed by atoms with Crippen LogP contribution < -0.4 is 15.5 Å². The first-order valence-electron chi connectivity index (χ1n) is 10.0. The fourth-order valence-corrected chi connectivity index (χ4v) is 3.67. The molecule has 0 fully saturated rings. The minimum Gasteiger partial charge on any atom is -0.383 e. The predicted octanol–water partition coefficient (Wildman–Crippen LogP) is 1.94. The number of methoxy groups -OCH3 is 1. The number of nitrogens with one attached hydrogen (secondary N) is 2. The van der Waals surface area contributed by atoms with E-state index in [1.807, 2.05) is 59.2 Å². The molecule has 1 atom stereocenters. The topological polar surface area (TPSA) is 88.5 Å². The van der Waals surface area contributed by atoms with Gasteiger partial charge in [0.1, 0.15) is 6.04 Å². The van der Waals surface area contributed by atoms with Gasteiger partial charge in [-0.3, -0.25) is 9.69 Å². The number of carbonyl (C=O) groups excluding carboxylic acids is 2. The molecule has 156 valence electrons. The number of aromatic nitrogens is 2. The van der Waals surface area contributed by atoms with Gasteiger partial charge in [-0.2, -0.15) is 0 Å². The molecular formula is C22H25N5O3. The summed E-state index contributed by atoms with van der Waals surface area (Å²) in [6.45, 7) is 1.99. The molecule has 2 heterocycles. The fraction of sp³-hybridized carbons (Fsp3) is 0.318. The van der Waals surface area contributed by atoms with Crippen LogP contribution in [-0.4, -0.2) is 54.3 Å². The average Bonchev–Trinajstić information content (AvgIpc) is 3.33. The summed E-state index contributed by atoms with van der Waals surface area (Å²) in [5.41, 5.74) is 2.82. The van der Waals surface area contributed by atoms with Crippen molar-refractivity contribution in [3.63, 3.8) is 0 Å². The summed E-state index contributed by atoms with van der Waals surface area (Å²) >= 11 is 0. The van der Waals surface area contributed by atoms with Gasteiger partial charge < -0.3 is 19.9 Å². The van der Waals surface area contributed by atoms with Gasteiger partial charge in [-0.1, -0.05) is 42.5 Å². The molecule has 2 aromatic carbocycles. The van der Waals surface area contributed by atoms with Crippen molar-refractivity contribution < 1.29 is 14.3 Å². The van der Waals surface area contributed by atoms with Gasteiger partial charge in [-0.25, -0.2) is 9.78 Å². The van der Waals surface area contributed by atoms with Crippen molar-refractivity contribution in [3.05, 3.63) is 60.2 Å². The summed E-state index contributed by atoms with van der Waals surface area (Å²) < 4.78 is 7.03. The van der Waals surface area contributed by atoms with E-state index in [2.05, 4.69) is 15.6 Å². The Labute approximate surface area is 174 Å². The number of anilines is 1. The molecule has 30 heavy (non-hydrogen) atoms. The van der Waals surface area contributed by atoms with Gasteiger partial charge in [0.25, 0.3) is 0 Å². The molecule has 4 rings (SSSR count). The molecule has 0 saturated heterocycles. The highest BCUT2D eigenvalue weighted by atomic mass is 16.5. The third kappa shape index (κ3) is 4.13.